The van der Waals surface area contributed by atoms with Crippen LogP contribution in [0, 0.1) is 0 Å². The molecule has 0 N–H and O–H groups in total. The lowest BCUT2D eigenvalue weighted by atomic mass is 9.92. The normalized spacial score (nSPS) is 11.7. The van der Waals surface area contributed by atoms with E-state index in [-0.39, 0.29) is 0 Å². The summed E-state index contributed by atoms with van der Waals surface area (Å²) in [5.74, 6) is 1.62. The van der Waals surface area contributed by atoms with Gasteiger partial charge in [0.15, 0.2) is 17.5 Å². The molecule has 0 aliphatic carbocycles. The van der Waals surface area contributed by atoms with Crippen molar-refractivity contribution >= 4 is 71.0 Å². The summed E-state index contributed by atoms with van der Waals surface area (Å²) in [5, 5.41) is 7.10. The van der Waals surface area contributed by atoms with Crippen molar-refractivity contribution in [3.8, 4) is 95.7 Å². The lowest BCUT2D eigenvalue weighted by Gasteiger charge is -2.21. The van der Waals surface area contributed by atoms with Gasteiger partial charge in [0.1, 0.15) is 0 Å². The molecule has 4 aromatic heterocycles. The highest BCUT2D eigenvalue weighted by molar-refractivity contribution is 6.18. The number of para-hydroxylation sites is 4. The molecule has 0 amide bonds. The molecule has 0 aliphatic heterocycles. The summed E-state index contributed by atoms with van der Waals surface area (Å²) < 4.78 is 7.43. The Morgan fingerprint density at radius 3 is 1.25 bits per heavy atom. The minimum absolute atomic E-state index is 0.532. The fourth-order valence-corrected chi connectivity index (χ4v) is 13.9. The van der Waals surface area contributed by atoms with E-state index in [0.717, 1.165) is 133 Å². The molecule has 0 radical (unpaired) electrons. The van der Waals surface area contributed by atoms with Crippen molar-refractivity contribution in [1.82, 2.24) is 28.7 Å². The second-order valence-corrected chi connectivity index (χ2v) is 23.6. The lowest BCUT2D eigenvalue weighted by molar-refractivity contribution is 1.07. The third kappa shape index (κ3) is 9.47. The average molecular weight is 1190 g/mol. The summed E-state index contributed by atoms with van der Waals surface area (Å²) in [6.07, 6.45) is 5.68. The first-order valence-electron chi connectivity index (χ1n) is 31.5. The summed E-state index contributed by atoms with van der Waals surface area (Å²) >= 11 is 0. The van der Waals surface area contributed by atoms with Gasteiger partial charge in [-0.15, -0.1) is 0 Å². The lowest BCUT2D eigenvalue weighted by Crippen LogP contribution is -2.05. The predicted molar refractivity (Wildman–Crippen MR) is 389 cm³/mol. The van der Waals surface area contributed by atoms with Gasteiger partial charge in [-0.1, -0.05) is 262 Å². The Balaban J connectivity index is 0.973. The van der Waals surface area contributed by atoms with Crippen LogP contribution >= 0.6 is 0 Å². The number of hydrogen-bond donors (Lipinski definition) is 0. The second kappa shape index (κ2) is 22.8. The van der Waals surface area contributed by atoms with E-state index in [2.05, 4.69) is 324 Å². The molecule has 93 heavy (non-hydrogen) atoms. The Hall–Kier alpha value is -12.5. The van der Waals surface area contributed by atoms with E-state index in [1.807, 2.05) is 24.3 Å². The van der Waals surface area contributed by atoms with Crippen LogP contribution in [0.5, 0.6) is 0 Å². The number of nitrogens with zero attached hydrogens (tertiary/aromatic N) is 6. The molecule has 0 spiro atoms. The molecule has 13 aromatic carbocycles. The molecule has 0 bridgehead atoms. The summed E-state index contributed by atoms with van der Waals surface area (Å²) in [5.41, 5.74) is 22.6. The summed E-state index contributed by atoms with van der Waals surface area (Å²) in [4.78, 5) is 16.6. The average Bonchev–Trinajstić information content (AvgIpc) is 1.57. The number of fused-ring (bicyclic) bond motifs is 9. The molecule has 0 saturated carbocycles. The summed E-state index contributed by atoms with van der Waals surface area (Å²) in [6.45, 7) is 8.49. The van der Waals surface area contributed by atoms with Gasteiger partial charge in [0.05, 0.1) is 44.5 Å². The highest BCUT2D eigenvalue weighted by atomic mass is 15.1. The third-order valence-corrected chi connectivity index (χ3v) is 18.2. The van der Waals surface area contributed by atoms with Gasteiger partial charge in [-0.05, 0) is 123 Å². The van der Waals surface area contributed by atoms with Gasteiger partial charge in [-0.3, -0.25) is 0 Å². The molecule has 0 aliphatic rings. The molecule has 17 aromatic rings. The van der Waals surface area contributed by atoms with E-state index >= 15 is 0 Å². The van der Waals surface area contributed by atoms with Crippen LogP contribution in [-0.2, 0) is 0 Å². The van der Waals surface area contributed by atoms with E-state index in [4.69, 9.17) is 15.0 Å². The van der Waals surface area contributed by atoms with Gasteiger partial charge in [0, 0.05) is 65.8 Å². The molecule has 6 nitrogen and oxygen atoms in total. The Bertz CT molecular complexity index is 5650. The minimum atomic E-state index is 0.532. The number of hydrogen-bond acceptors (Lipinski definition) is 3. The molecule has 0 atom stereocenters. The Morgan fingerprint density at radius 2 is 0.720 bits per heavy atom. The maximum Gasteiger partial charge on any atom is 0.164 e. The maximum atomic E-state index is 5.60. The highest BCUT2D eigenvalue weighted by Crippen LogP contribution is 2.47. The first-order chi connectivity index (χ1) is 46.0. The zero-order valence-electron chi connectivity index (χ0n) is 50.8. The van der Waals surface area contributed by atoms with E-state index in [1.165, 1.54) is 21.5 Å². The van der Waals surface area contributed by atoms with Crippen LogP contribution in [0.25, 0.3) is 167 Å². The Kier molecular flexibility index (Phi) is 13.4. The first kappa shape index (κ1) is 54.6. The standard InChI is InChI=1S/C87H58N6/c1-3-4-26-57(2)64-51-65(59-29-11-6-12-30-59)53-66(52-64)86-88-85(63-47-45-60(46-48-63)58-27-9-5-10-28-58)89-87(90-86)67-54-74(61-31-13-7-14-32-61)84(75(55-67)62-33-15-8-16-34-62)93-81-44-25-43-80(92-78-41-23-19-37-71(78)72-38-20-24-42-79(72)92)83(81)73-50-49-68(56-82(73)93)91-76-39-21-17-35-69(76)70-36-18-22-40-77(70)91/h3-56H,1-2H2/b26-4-. The summed E-state index contributed by atoms with van der Waals surface area (Å²) in [6, 6.07) is 111. The van der Waals surface area contributed by atoms with Crippen LogP contribution in [0.4, 0.5) is 0 Å². The molecule has 4 heterocycles. The van der Waals surface area contributed by atoms with Crippen LogP contribution in [0.15, 0.2) is 341 Å². The van der Waals surface area contributed by atoms with Crippen molar-refractivity contribution in [3.63, 3.8) is 0 Å². The molecule has 0 fully saturated rings. The smallest absolute Gasteiger partial charge is 0.164 e. The molecular weight excluding hydrogens is 1130 g/mol. The number of allylic oxidation sites excluding steroid dienone is 4. The Morgan fingerprint density at radius 1 is 0.301 bits per heavy atom. The van der Waals surface area contributed by atoms with Gasteiger partial charge in [0.2, 0.25) is 0 Å². The molecule has 436 valence electrons. The predicted octanol–water partition coefficient (Wildman–Crippen LogP) is 22.6. The van der Waals surface area contributed by atoms with Crippen molar-refractivity contribution in [2.45, 2.75) is 0 Å². The zero-order chi connectivity index (χ0) is 61.9. The van der Waals surface area contributed by atoms with E-state index in [0.29, 0.717) is 17.5 Å². The zero-order valence-corrected chi connectivity index (χ0v) is 50.8. The summed E-state index contributed by atoms with van der Waals surface area (Å²) in [7, 11) is 0. The number of benzene rings is 13. The third-order valence-electron chi connectivity index (χ3n) is 18.2. The highest BCUT2D eigenvalue weighted by Gasteiger charge is 2.27. The SMILES string of the molecule is C=C/C=C\C(=C)c1cc(-c2ccccc2)cc(-c2nc(-c3ccc(-c4ccccc4)cc3)nc(-c3cc(-c4ccccc4)c(-n4c5cc(-n6c7ccccc7c7ccccc76)ccc5c5c(-n6c7ccccc7c7ccccc76)cccc54)c(-c4ccccc4)c3)n2)c1. The fraction of sp³-hybridized carbons (Fsp3) is 0. The van der Waals surface area contributed by atoms with Gasteiger partial charge in [0.25, 0.3) is 0 Å². The monoisotopic (exact) mass is 1190 g/mol. The quantitative estimate of drug-likeness (QED) is 0.108. The van der Waals surface area contributed by atoms with Gasteiger partial charge in [-0.25, -0.2) is 15.0 Å². The number of aromatic nitrogens is 6. The molecule has 0 saturated heterocycles. The second-order valence-electron chi connectivity index (χ2n) is 23.6. The molecular formula is C87H58N6. The largest absolute Gasteiger partial charge is 0.309 e. The van der Waals surface area contributed by atoms with Crippen LogP contribution in [0.2, 0.25) is 0 Å². The molecule has 0 unspecified atom stereocenters. The topological polar surface area (TPSA) is 53.5 Å². The van der Waals surface area contributed by atoms with Gasteiger partial charge in [-0.2, -0.15) is 0 Å². The van der Waals surface area contributed by atoms with Crippen molar-refractivity contribution in [3.05, 3.63) is 346 Å². The van der Waals surface area contributed by atoms with Crippen molar-refractivity contribution < 1.29 is 0 Å². The van der Waals surface area contributed by atoms with E-state index in [1.54, 1.807) is 6.08 Å². The van der Waals surface area contributed by atoms with Crippen LogP contribution in [0.3, 0.4) is 0 Å². The van der Waals surface area contributed by atoms with Crippen LogP contribution in [-0.4, -0.2) is 28.7 Å². The van der Waals surface area contributed by atoms with E-state index in [9.17, 15) is 0 Å². The molecule has 17 rings (SSSR count). The van der Waals surface area contributed by atoms with Crippen LogP contribution in [0.1, 0.15) is 5.56 Å². The minimum Gasteiger partial charge on any atom is -0.309 e. The maximum absolute atomic E-state index is 5.60. The first-order valence-corrected chi connectivity index (χ1v) is 31.5. The number of rotatable bonds is 13. The van der Waals surface area contributed by atoms with E-state index < -0.39 is 0 Å². The Labute approximate surface area is 538 Å². The van der Waals surface area contributed by atoms with Crippen LogP contribution < -0.4 is 0 Å². The van der Waals surface area contributed by atoms with Gasteiger partial charge >= 0.3 is 0 Å². The van der Waals surface area contributed by atoms with Crippen molar-refractivity contribution in [2.75, 3.05) is 0 Å². The van der Waals surface area contributed by atoms with Gasteiger partial charge < -0.3 is 13.7 Å². The van der Waals surface area contributed by atoms with Crippen molar-refractivity contribution in [2.24, 2.45) is 0 Å². The molecule has 6 heteroatoms. The van der Waals surface area contributed by atoms with Crippen molar-refractivity contribution in [1.29, 1.82) is 0 Å². The fourth-order valence-electron chi connectivity index (χ4n) is 13.9.